The summed E-state index contributed by atoms with van der Waals surface area (Å²) >= 11 is 6.07. The molecular weight excluding hydrogens is 376 g/mol. The second-order valence-electron chi connectivity index (χ2n) is 9.26. The van der Waals surface area contributed by atoms with E-state index in [4.69, 9.17) is 16.3 Å². The highest BCUT2D eigenvalue weighted by Gasteiger charge is 2.46. The Bertz CT molecular complexity index is 667. The van der Waals surface area contributed by atoms with Gasteiger partial charge in [0.2, 0.25) is 0 Å². The molecule has 1 aromatic carbocycles. The van der Waals surface area contributed by atoms with Crippen molar-refractivity contribution >= 4 is 17.7 Å². The number of halogens is 1. The Balaban J connectivity index is 1.90. The molecule has 1 amide bonds. The van der Waals surface area contributed by atoms with Gasteiger partial charge < -0.3 is 14.6 Å². The predicted octanol–water partition coefficient (Wildman–Crippen LogP) is 5.72. The zero-order chi connectivity index (χ0) is 20.4. The van der Waals surface area contributed by atoms with Crippen LogP contribution in [0.25, 0.3) is 0 Å². The van der Waals surface area contributed by atoms with Crippen LogP contribution in [0.5, 0.6) is 0 Å². The van der Waals surface area contributed by atoms with Gasteiger partial charge >= 0.3 is 6.09 Å². The van der Waals surface area contributed by atoms with Crippen molar-refractivity contribution in [3.8, 4) is 0 Å². The Labute approximate surface area is 173 Å². The number of hydroxylamine groups is 3. The summed E-state index contributed by atoms with van der Waals surface area (Å²) in [4.78, 5) is 12.6. The molecule has 156 valence electrons. The number of nitrogens with one attached hydrogen (secondary N) is 1. The highest BCUT2D eigenvalue weighted by molar-refractivity contribution is 6.30. The van der Waals surface area contributed by atoms with E-state index >= 15 is 0 Å². The average molecular weight is 409 g/mol. The molecule has 1 aromatic rings. The number of rotatable bonds is 3. The zero-order valence-electron chi connectivity index (χ0n) is 17.2. The third kappa shape index (κ3) is 5.00. The SMILES string of the molecule is CC(C)(C)OC(=O)N[C@H]1C(c2ccc(Cl)cc2)CCC[N+]1([O-])C1CCCCC1. The molecule has 3 rings (SSSR count). The summed E-state index contributed by atoms with van der Waals surface area (Å²) in [5.41, 5.74) is 0.456. The lowest BCUT2D eigenvalue weighted by Crippen LogP contribution is -2.68. The van der Waals surface area contributed by atoms with Crippen LogP contribution in [-0.2, 0) is 4.74 Å². The third-order valence-corrected chi connectivity index (χ3v) is 6.28. The highest BCUT2D eigenvalue weighted by atomic mass is 35.5. The van der Waals surface area contributed by atoms with Gasteiger partial charge in [0.1, 0.15) is 5.60 Å². The van der Waals surface area contributed by atoms with E-state index in [9.17, 15) is 10.0 Å². The molecule has 5 nitrogen and oxygen atoms in total. The van der Waals surface area contributed by atoms with Crippen molar-refractivity contribution in [2.75, 3.05) is 6.54 Å². The molecule has 0 aromatic heterocycles. The number of ether oxygens (including phenoxy) is 1. The lowest BCUT2D eigenvalue weighted by atomic mass is 9.83. The average Bonchev–Trinajstić information content (AvgIpc) is 2.63. The second kappa shape index (κ2) is 8.60. The van der Waals surface area contributed by atoms with Crippen LogP contribution in [0.2, 0.25) is 5.02 Å². The molecule has 1 heterocycles. The number of hydrogen-bond acceptors (Lipinski definition) is 3. The number of benzene rings is 1. The van der Waals surface area contributed by atoms with E-state index in [1.54, 1.807) is 0 Å². The van der Waals surface area contributed by atoms with Crippen LogP contribution < -0.4 is 5.32 Å². The molecule has 0 bridgehead atoms. The summed E-state index contributed by atoms with van der Waals surface area (Å²) < 4.78 is 5.16. The van der Waals surface area contributed by atoms with Crippen molar-refractivity contribution in [1.29, 1.82) is 0 Å². The fourth-order valence-corrected chi connectivity index (χ4v) is 4.91. The van der Waals surface area contributed by atoms with Crippen LogP contribution in [0.3, 0.4) is 0 Å². The molecule has 1 aliphatic carbocycles. The van der Waals surface area contributed by atoms with Crippen molar-refractivity contribution in [3.05, 3.63) is 40.1 Å². The minimum Gasteiger partial charge on any atom is -0.631 e. The largest absolute Gasteiger partial charge is 0.631 e. The topological polar surface area (TPSA) is 61.4 Å². The quantitative estimate of drug-likeness (QED) is 0.514. The summed E-state index contributed by atoms with van der Waals surface area (Å²) in [5.74, 6) is -0.0436. The number of quaternary nitrogens is 1. The van der Waals surface area contributed by atoms with Gasteiger partial charge in [-0.1, -0.05) is 30.2 Å². The van der Waals surface area contributed by atoms with Crippen LogP contribution in [0.4, 0.5) is 4.79 Å². The predicted molar refractivity (Wildman–Crippen MR) is 112 cm³/mol. The van der Waals surface area contributed by atoms with Gasteiger partial charge in [0.05, 0.1) is 18.5 Å². The lowest BCUT2D eigenvalue weighted by molar-refractivity contribution is -0.939. The Hall–Kier alpha value is -1.30. The fraction of sp³-hybridized carbons (Fsp3) is 0.682. The Kier molecular flexibility index (Phi) is 6.58. The van der Waals surface area contributed by atoms with Gasteiger partial charge in [-0.3, -0.25) is 5.32 Å². The van der Waals surface area contributed by atoms with Gasteiger partial charge in [-0.25, -0.2) is 4.79 Å². The highest BCUT2D eigenvalue weighted by Crippen LogP contribution is 2.41. The van der Waals surface area contributed by atoms with Gasteiger partial charge in [-0.2, -0.15) is 0 Å². The number of nitrogens with zero attached hydrogens (tertiary/aromatic N) is 1. The molecule has 2 unspecified atom stereocenters. The normalized spacial score (nSPS) is 29.3. The first-order valence-electron chi connectivity index (χ1n) is 10.5. The third-order valence-electron chi connectivity index (χ3n) is 6.03. The molecule has 1 aliphatic heterocycles. The number of piperidine rings is 1. The number of likely N-dealkylation sites (tertiary alicyclic amines) is 1. The first kappa shape index (κ1) is 21.4. The van der Waals surface area contributed by atoms with Gasteiger partial charge in [-0.15, -0.1) is 0 Å². The molecule has 3 atom stereocenters. The molecule has 6 heteroatoms. The van der Waals surface area contributed by atoms with Crippen molar-refractivity contribution in [2.24, 2.45) is 0 Å². The number of carbonyl (C=O) groups excluding carboxylic acids is 1. The van der Waals surface area contributed by atoms with Gasteiger partial charge in [0.25, 0.3) is 0 Å². The van der Waals surface area contributed by atoms with E-state index in [0.29, 0.717) is 11.6 Å². The molecule has 0 spiro atoms. The van der Waals surface area contributed by atoms with Crippen LogP contribution in [0, 0.1) is 5.21 Å². The van der Waals surface area contributed by atoms with E-state index in [1.165, 1.54) is 6.42 Å². The monoisotopic (exact) mass is 408 g/mol. The first-order valence-corrected chi connectivity index (χ1v) is 10.9. The standard InChI is InChI=1S/C22H33ClN2O3/c1-22(2,3)28-21(26)24-20-19(16-11-13-17(23)14-12-16)10-7-15-25(20,27)18-8-5-4-6-9-18/h11-14,18-20H,4-10,15H2,1-3H3,(H,24,26)/t19?,20-,25?/m1/s1. The van der Waals surface area contributed by atoms with Crippen LogP contribution in [0.1, 0.15) is 77.2 Å². The molecule has 2 fully saturated rings. The van der Waals surface area contributed by atoms with Gasteiger partial charge in [0.15, 0.2) is 6.17 Å². The second-order valence-corrected chi connectivity index (χ2v) is 9.70. The van der Waals surface area contributed by atoms with Crippen molar-refractivity contribution in [1.82, 2.24) is 5.32 Å². The summed E-state index contributed by atoms with van der Waals surface area (Å²) in [6, 6.07) is 7.72. The maximum Gasteiger partial charge on any atom is 0.412 e. The van der Waals surface area contributed by atoms with Crippen LogP contribution in [-0.4, -0.2) is 35.1 Å². The molecule has 1 N–H and O–H groups in total. The van der Waals surface area contributed by atoms with Crippen molar-refractivity contribution < 1.29 is 14.2 Å². The first-order chi connectivity index (χ1) is 13.2. The van der Waals surface area contributed by atoms with E-state index in [0.717, 1.165) is 44.1 Å². The summed E-state index contributed by atoms with van der Waals surface area (Å²) in [5, 5.41) is 17.9. The zero-order valence-corrected chi connectivity index (χ0v) is 18.0. The molecule has 0 radical (unpaired) electrons. The number of carbonyl (C=O) groups is 1. The van der Waals surface area contributed by atoms with E-state index in [1.807, 2.05) is 45.0 Å². The lowest BCUT2D eigenvalue weighted by Gasteiger charge is -2.58. The van der Waals surface area contributed by atoms with Crippen molar-refractivity contribution in [2.45, 2.75) is 89.4 Å². The molecule has 1 saturated heterocycles. The smallest absolute Gasteiger partial charge is 0.412 e. The van der Waals surface area contributed by atoms with E-state index in [2.05, 4.69) is 5.32 Å². The fourth-order valence-electron chi connectivity index (χ4n) is 4.78. The van der Waals surface area contributed by atoms with Crippen LogP contribution >= 0.6 is 11.6 Å². The van der Waals surface area contributed by atoms with Crippen LogP contribution in [0.15, 0.2) is 24.3 Å². The number of amides is 1. The Morgan fingerprint density at radius 2 is 1.75 bits per heavy atom. The molecule has 1 saturated carbocycles. The number of alkyl carbamates (subject to hydrolysis) is 1. The summed E-state index contributed by atoms with van der Waals surface area (Å²) in [7, 11) is 0. The molecule has 28 heavy (non-hydrogen) atoms. The minimum atomic E-state index is -0.599. The molecular formula is C22H33ClN2O3. The van der Waals surface area contributed by atoms with Gasteiger partial charge in [0, 0.05) is 5.02 Å². The maximum absolute atomic E-state index is 14.2. The van der Waals surface area contributed by atoms with Gasteiger partial charge in [-0.05, 0) is 77.0 Å². The summed E-state index contributed by atoms with van der Waals surface area (Å²) in [6.07, 6.45) is 5.94. The minimum absolute atomic E-state index is 0.0436. The van der Waals surface area contributed by atoms with Crippen molar-refractivity contribution in [3.63, 3.8) is 0 Å². The van der Waals surface area contributed by atoms with E-state index in [-0.39, 0.29) is 16.6 Å². The Morgan fingerprint density at radius 1 is 1.11 bits per heavy atom. The van der Waals surface area contributed by atoms with E-state index < -0.39 is 17.9 Å². The summed E-state index contributed by atoms with van der Waals surface area (Å²) in [6.45, 7) is 6.06. The molecule has 2 aliphatic rings. The maximum atomic E-state index is 14.2. The Morgan fingerprint density at radius 3 is 2.36 bits per heavy atom. The number of hydrogen-bond donors (Lipinski definition) is 1.